The molecule has 0 aromatic heterocycles. The fraction of sp³-hybridized carbons (Fsp3) is 0. The fourth-order valence-electron chi connectivity index (χ4n) is 0. The predicted molar refractivity (Wildman–Crippen MR) is 19.3 cm³/mol. The maximum absolute atomic E-state index is 8.58. The van der Waals surface area contributed by atoms with Crippen LogP contribution in [0.4, 0.5) is 0 Å². The third-order valence-corrected chi connectivity index (χ3v) is 0. The Morgan fingerprint density at radius 2 is 0.500 bits per heavy atom. The maximum atomic E-state index is 8.58. The van der Waals surface area contributed by atoms with Crippen LogP contribution >= 0.6 is 15.6 Å². The summed E-state index contributed by atoms with van der Waals surface area (Å²) in [7, 11) is -10.8. The second-order valence-corrected chi connectivity index (χ2v) is 5.02. The zero-order chi connectivity index (χ0) is 17.1. The van der Waals surface area contributed by atoms with Gasteiger partial charge in [0.25, 0.3) is 0 Å². The van der Waals surface area contributed by atoms with Crippen LogP contribution in [-0.2, 0) is 39.0 Å². The summed E-state index contributed by atoms with van der Waals surface area (Å²) in [5.41, 5.74) is 0. The van der Waals surface area contributed by atoms with Crippen LogP contribution in [0, 0.1) is 83.5 Å². The van der Waals surface area contributed by atoms with Crippen molar-refractivity contribution in [2.24, 2.45) is 0 Å². The molecule has 0 N–H and O–H groups in total. The van der Waals surface area contributed by atoms with E-state index in [-0.39, 0.29) is 16.5 Å². The minimum absolute atomic E-state index is 0. The molecule has 0 unspecified atom stereocenters. The van der Waals surface area contributed by atoms with E-state index < -0.39 is 99.1 Å². The van der Waals surface area contributed by atoms with Gasteiger partial charge >= 0.3 is 96.9 Å². The Morgan fingerprint density at radius 3 is 0.500 bits per heavy atom. The Balaban J connectivity index is -0.0000000310. The summed E-state index contributed by atoms with van der Waals surface area (Å²) in [6.07, 6.45) is 0. The first-order chi connectivity index (χ1) is 8.24. The van der Waals surface area contributed by atoms with Crippen molar-refractivity contribution in [1.82, 2.24) is 0 Å². The molecule has 14 nitrogen and oxygen atoms in total. The molecule has 0 rings (SSSR count). The summed E-state index contributed by atoms with van der Waals surface area (Å²) < 4.78 is 68.6. The summed E-state index contributed by atoms with van der Waals surface area (Å²) in [5, 5.41) is 0. The van der Waals surface area contributed by atoms with E-state index in [1.54, 1.807) is 0 Å². The average molecular weight is 1060 g/mol. The molecule has 20 heavy (non-hydrogen) atoms. The SMILES string of the molecule is O=P([O-])([O-])[O-].O=P([O-])([O-])[O-].[Ni].[O]=[U+2]=[O].[O]=[U+2]=[O].[O]=[U+2]=[O]. The Labute approximate surface area is 164 Å². The van der Waals surface area contributed by atoms with Gasteiger partial charge in [0.1, 0.15) is 0 Å². The van der Waals surface area contributed by atoms with Crippen LogP contribution in [0.2, 0.25) is 0 Å². The normalized spacial score (nSPS) is 7.10. The van der Waals surface area contributed by atoms with Crippen molar-refractivity contribution in [3.8, 4) is 0 Å². The molecule has 20 heteroatoms. The first-order valence-electron chi connectivity index (χ1n) is 2.69. The monoisotopic (exact) mass is 1060 g/mol. The van der Waals surface area contributed by atoms with Crippen LogP contribution in [0.3, 0.4) is 0 Å². The summed E-state index contributed by atoms with van der Waals surface area (Å²) in [6, 6.07) is 0. The van der Waals surface area contributed by atoms with Gasteiger partial charge in [0, 0.05) is 16.5 Å². The Hall–Kier alpha value is 2.67. The molecule has 0 aromatic carbocycles. The third kappa shape index (κ3) is 1120. The predicted octanol–water partition coefficient (Wildman–Crippen LogP) is -6.36. The third-order valence-electron chi connectivity index (χ3n) is 0. The van der Waals surface area contributed by atoms with E-state index in [1.807, 2.05) is 0 Å². The average Bonchev–Trinajstić information content (AvgIpc) is 1.99. The molecule has 0 aliphatic heterocycles. The van der Waals surface area contributed by atoms with E-state index in [2.05, 4.69) is 0 Å². The molecule has 0 amide bonds. The van der Waals surface area contributed by atoms with Crippen LogP contribution in [0.1, 0.15) is 0 Å². The van der Waals surface area contributed by atoms with Gasteiger partial charge in [0.2, 0.25) is 0 Å². The van der Waals surface area contributed by atoms with Gasteiger partial charge in [-0.3, -0.25) is 0 Å². The summed E-state index contributed by atoms with van der Waals surface area (Å²) in [4.78, 5) is 51.3. The van der Waals surface area contributed by atoms with Crippen molar-refractivity contribution in [1.29, 1.82) is 0 Å². The van der Waals surface area contributed by atoms with Gasteiger partial charge in [0.05, 0.1) is 0 Å². The van der Waals surface area contributed by atoms with Crippen LogP contribution in [0.15, 0.2) is 0 Å². The van der Waals surface area contributed by atoms with E-state index in [4.69, 9.17) is 51.9 Å². The Kier molecular flexibility index (Phi) is 56.8. The summed E-state index contributed by atoms with van der Waals surface area (Å²) >= 11 is -7.52. The summed E-state index contributed by atoms with van der Waals surface area (Å²) in [6.45, 7) is 0. The quantitative estimate of drug-likeness (QED) is 0.161. The van der Waals surface area contributed by atoms with Gasteiger partial charge in [-0.1, -0.05) is 0 Å². The van der Waals surface area contributed by atoms with Crippen LogP contribution in [-0.4, -0.2) is 0 Å². The zero-order valence-electron chi connectivity index (χ0n) is 8.43. The topological polar surface area (TPSA) is 275 Å². The van der Waals surface area contributed by atoms with Crippen molar-refractivity contribution < 1.29 is 152 Å². The van der Waals surface area contributed by atoms with Crippen molar-refractivity contribution in [3.63, 3.8) is 0 Å². The van der Waals surface area contributed by atoms with E-state index in [1.165, 1.54) is 0 Å². The van der Waals surface area contributed by atoms with Gasteiger partial charge in [-0.25, -0.2) is 0 Å². The van der Waals surface area contributed by atoms with Gasteiger partial charge < -0.3 is 38.5 Å². The number of rotatable bonds is 0. The van der Waals surface area contributed by atoms with Gasteiger partial charge in [-0.15, -0.1) is 0 Å². The second-order valence-electron chi connectivity index (χ2n) is 1.14. The standard InChI is InChI=1S/Ni.2H3O4P.6O.3U/c;2*1-5(2,3)4;;;;;;;;;/h;2*(H3,1,2,3,4);;;;;;;;;/q;;;;;;;;;3*+2/p-6. The van der Waals surface area contributed by atoms with Crippen LogP contribution in [0.5, 0.6) is 0 Å². The number of phosphoric acid groups is 2. The molecule has 0 heterocycles. The van der Waals surface area contributed by atoms with Crippen molar-refractivity contribution in [2.75, 3.05) is 0 Å². The molecule has 116 valence electrons. The van der Waals surface area contributed by atoms with Crippen molar-refractivity contribution in [2.45, 2.75) is 0 Å². The first-order valence-corrected chi connectivity index (χ1v) is 15.8. The van der Waals surface area contributed by atoms with Gasteiger partial charge in [0.15, 0.2) is 0 Å². The van der Waals surface area contributed by atoms with Crippen molar-refractivity contribution >= 4 is 15.6 Å². The van der Waals surface area contributed by atoms with Crippen LogP contribution in [0.25, 0.3) is 0 Å². The molecule has 0 bridgehead atoms. The van der Waals surface area contributed by atoms with E-state index in [0.29, 0.717) is 0 Å². The number of hydrogen-bond acceptors (Lipinski definition) is 14. The molecule has 0 aliphatic carbocycles. The van der Waals surface area contributed by atoms with Crippen molar-refractivity contribution in [3.05, 3.63) is 0 Å². The Bertz CT molecular complexity index is 306. The zero-order valence-corrected chi connectivity index (χ0v) is 23.7. The molecule has 0 radical (unpaired) electrons. The molecule has 0 spiro atoms. The first kappa shape index (κ1) is 38.3. The summed E-state index contributed by atoms with van der Waals surface area (Å²) in [5.74, 6) is 0. The molecule has 0 atom stereocenters. The molecule has 0 aromatic rings. The minimum atomic E-state index is -5.39. The van der Waals surface area contributed by atoms with E-state index in [9.17, 15) is 0 Å². The van der Waals surface area contributed by atoms with E-state index in [0.717, 1.165) is 0 Å². The molecular formula is NiO14P2U3. The van der Waals surface area contributed by atoms with Gasteiger partial charge in [-0.2, -0.15) is 15.6 Å². The van der Waals surface area contributed by atoms with E-state index >= 15 is 0 Å². The number of hydrogen-bond donors (Lipinski definition) is 0. The molecule has 0 saturated carbocycles. The molecule has 0 aliphatic rings. The van der Waals surface area contributed by atoms with Crippen LogP contribution < -0.4 is 29.4 Å². The van der Waals surface area contributed by atoms with Gasteiger partial charge in [-0.05, 0) is 0 Å². The second kappa shape index (κ2) is 29.7. The Morgan fingerprint density at radius 1 is 0.500 bits per heavy atom. The molecule has 0 saturated heterocycles. The molecular weight excluding hydrogens is 1060 g/mol. The molecule has 0 fully saturated rings. The fourth-order valence-corrected chi connectivity index (χ4v) is 0.